The second kappa shape index (κ2) is 7.79. The first kappa shape index (κ1) is 16.3. The Morgan fingerprint density at radius 2 is 1.91 bits per heavy atom. The van der Waals surface area contributed by atoms with E-state index in [1.54, 1.807) is 0 Å². The first-order valence-corrected chi connectivity index (χ1v) is 8.69. The standard InChI is InChI=1S/C18H27N3O2/c1-15-13-20(11-12-23-15)14-18(22)19-16-5-7-17(8-6-16)21-9-3-2-4-10-21/h5-8,15H,2-4,9-14H2,1H3,(H,19,22)/t15-/m1/s1. The van der Waals surface area contributed by atoms with Crippen LogP contribution in [0.1, 0.15) is 26.2 Å². The van der Waals surface area contributed by atoms with Crippen LogP contribution >= 0.6 is 0 Å². The molecule has 5 nitrogen and oxygen atoms in total. The van der Waals surface area contributed by atoms with Gasteiger partial charge in [-0.1, -0.05) is 0 Å². The Morgan fingerprint density at radius 1 is 1.17 bits per heavy atom. The van der Waals surface area contributed by atoms with Crippen molar-refractivity contribution in [1.29, 1.82) is 0 Å². The molecule has 1 amide bonds. The zero-order chi connectivity index (χ0) is 16.1. The van der Waals surface area contributed by atoms with Crippen LogP contribution in [0.3, 0.4) is 0 Å². The number of hydrogen-bond acceptors (Lipinski definition) is 4. The highest BCUT2D eigenvalue weighted by molar-refractivity contribution is 5.92. The minimum Gasteiger partial charge on any atom is -0.376 e. The normalized spacial score (nSPS) is 22.8. The molecular weight excluding hydrogens is 290 g/mol. The zero-order valence-corrected chi connectivity index (χ0v) is 14.0. The van der Waals surface area contributed by atoms with Gasteiger partial charge in [0.2, 0.25) is 5.91 Å². The lowest BCUT2D eigenvalue weighted by atomic mass is 10.1. The van der Waals surface area contributed by atoms with Crippen molar-refractivity contribution in [2.45, 2.75) is 32.3 Å². The maximum absolute atomic E-state index is 12.2. The zero-order valence-electron chi connectivity index (χ0n) is 14.0. The van der Waals surface area contributed by atoms with E-state index >= 15 is 0 Å². The number of hydrogen-bond donors (Lipinski definition) is 1. The molecule has 1 atom stereocenters. The molecule has 2 aliphatic heterocycles. The van der Waals surface area contributed by atoms with Crippen LogP contribution in [0.4, 0.5) is 11.4 Å². The lowest BCUT2D eigenvalue weighted by Crippen LogP contribution is -2.44. The molecule has 1 aromatic rings. The molecule has 126 valence electrons. The lowest BCUT2D eigenvalue weighted by Gasteiger charge is -2.30. The minimum atomic E-state index is 0.0461. The van der Waals surface area contributed by atoms with Gasteiger partial charge in [-0.25, -0.2) is 0 Å². The smallest absolute Gasteiger partial charge is 0.238 e. The molecule has 1 N–H and O–H groups in total. The quantitative estimate of drug-likeness (QED) is 0.926. The van der Waals surface area contributed by atoms with Crippen LogP contribution in [0.25, 0.3) is 0 Å². The molecule has 0 aromatic heterocycles. The van der Waals surface area contributed by atoms with E-state index in [1.165, 1.54) is 24.9 Å². The highest BCUT2D eigenvalue weighted by atomic mass is 16.5. The fourth-order valence-electron chi connectivity index (χ4n) is 3.35. The van der Waals surface area contributed by atoms with Gasteiger partial charge in [0.05, 0.1) is 19.3 Å². The van der Waals surface area contributed by atoms with Crippen molar-refractivity contribution in [2.75, 3.05) is 49.5 Å². The third kappa shape index (κ3) is 4.69. The number of nitrogens with one attached hydrogen (secondary N) is 1. The maximum atomic E-state index is 12.2. The van der Waals surface area contributed by atoms with Crippen molar-refractivity contribution in [1.82, 2.24) is 4.90 Å². The van der Waals surface area contributed by atoms with E-state index in [4.69, 9.17) is 4.74 Å². The molecule has 0 aliphatic carbocycles. The van der Waals surface area contributed by atoms with E-state index in [9.17, 15) is 4.79 Å². The minimum absolute atomic E-state index is 0.0461. The van der Waals surface area contributed by atoms with Gasteiger partial charge >= 0.3 is 0 Å². The van der Waals surface area contributed by atoms with Crippen molar-refractivity contribution < 1.29 is 9.53 Å². The first-order valence-electron chi connectivity index (χ1n) is 8.69. The number of morpholine rings is 1. The fourth-order valence-corrected chi connectivity index (χ4v) is 3.35. The SMILES string of the molecule is C[C@@H]1CN(CC(=O)Nc2ccc(N3CCCCC3)cc2)CCO1. The number of benzene rings is 1. The molecule has 2 aliphatic rings. The van der Waals surface area contributed by atoms with Crippen LogP contribution in [-0.2, 0) is 9.53 Å². The summed E-state index contributed by atoms with van der Waals surface area (Å²) in [6.07, 6.45) is 4.10. The Bertz CT molecular complexity index is 512. The number of amides is 1. The molecule has 2 fully saturated rings. The molecule has 1 aromatic carbocycles. The molecule has 0 spiro atoms. The second-order valence-electron chi connectivity index (χ2n) is 6.56. The number of ether oxygens (including phenoxy) is 1. The number of carbonyl (C=O) groups is 1. The topological polar surface area (TPSA) is 44.8 Å². The van der Waals surface area contributed by atoms with Crippen molar-refractivity contribution in [2.24, 2.45) is 0 Å². The highest BCUT2D eigenvalue weighted by Crippen LogP contribution is 2.21. The monoisotopic (exact) mass is 317 g/mol. The van der Waals surface area contributed by atoms with E-state index in [0.717, 1.165) is 31.9 Å². The predicted octanol–water partition coefficient (Wildman–Crippen LogP) is 2.34. The van der Waals surface area contributed by atoms with Crippen LogP contribution in [0, 0.1) is 0 Å². The molecule has 0 unspecified atom stereocenters. The number of carbonyl (C=O) groups excluding carboxylic acids is 1. The van der Waals surface area contributed by atoms with Crippen molar-refractivity contribution in [3.05, 3.63) is 24.3 Å². The number of anilines is 2. The third-order valence-corrected chi connectivity index (χ3v) is 4.56. The van der Waals surface area contributed by atoms with Crippen LogP contribution in [0.5, 0.6) is 0 Å². The van der Waals surface area contributed by atoms with E-state index in [2.05, 4.69) is 27.2 Å². The van der Waals surface area contributed by atoms with Crippen molar-refractivity contribution in [3.8, 4) is 0 Å². The Kier molecular flexibility index (Phi) is 5.51. The summed E-state index contributed by atoms with van der Waals surface area (Å²) < 4.78 is 5.50. The summed E-state index contributed by atoms with van der Waals surface area (Å²) in [6.45, 7) is 7.11. The van der Waals surface area contributed by atoms with E-state index in [0.29, 0.717) is 13.2 Å². The van der Waals surface area contributed by atoms with Gasteiger partial charge in [-0.05, 0) is 50.5 Å². The highest BCUT2D eigenvalue weighted by Gasteiger charge is 2.19. The van der Waals surface area contributed by atoms with E-state index < -0.39 is 0 Å². The molecule has 3 rings (SSSR count). The molecule has 23 heavy (non-hydrogen) atoms. The Hall–Kier alpha value is -1.59. The molecule has 2 saturated heterocycles. The first-order chi connectivity index (χ1) is 11.2. The van der Waals surface area contributed by atoms with Gasteiger partial charge < -0.3 is 15.0 Å². The van der Waals surface area contributed by atoms with Gasteiger partial charge in [-0.15, -0.1) is 0 Å². The largest absolute Gasteiger partial charge is 0.376 e. The fraction of sp³-hybridized carbons (Fsp3) is 0.611. The molecule has 2 heterocycles. The molecule has 0 saturated carbocycles. The van der Waals surface area contributed by atoms with Gasteiger partial charge in [0.1, 0.15) is 0 Å². The maximum Gasteiger partial charge on any atom is 0.238 e. The summed E-state index contributed by atoms with van der Waals surface area (Å²) in [7, 11) is 0. The molecule has 5 heteroatoms. The van der Waals surface area contributed by atoms with Crippen LogP contribution in [0.2, 0.25) is 0 Å². The molecule has 0 radical (unpaired) electrons. The summed E-state index contributed by atoms with van der Waals surface area (Å²) in [5, 5.41) is 2.99. The summed E-state index contributed by atoms with van der Waals surface area (Å²) in [5.41, 5.74) is 2.13. The summed E-state index contributed by atoms with van der Waals surface area (Å²) in [5.74, 6) is 0.0461. The Morgan fingerprint density at radius 3 is 2.61 bits per heavy atom. The van der Waals surface area contributed by atoms with Crippen molar-refractivity contribution in [3.63, 3.8) is 0 Å². The Labute approximate surface area is 138 Å². The summed E-state index contributed by atoms with van der Waals surface area (Å²) in [6, 6.07) is 8.23. The number of nitrogens with zero attached hydrogens (tertiary/aromatic N) is 2. The number of piperidine rings is 1. The lowest BCUT2D eigenvalue weighted by molar-refractivity contribution is -0.119. The molecule has 0 bridgehead atoms. The van der Waals surface area contributed by atoms with Gasteiger partial charge in [0.25, 0.3) is 0 Å². The molecular formula is C18H27N3O2. The van der Waals surface area contributed by atoms with Crippen LogP contribution < -0.4 is 10.2 Å². The Balaban J connectivity index is 1.50. The van der Waals surface area contributed by atoms with Gasteiger partial charge in [-0.3, -0.25) is 9.69 Å². The average molecular weight is 317 g/mol. The van der Waals surface area contributed by atoms with E-state index in [1.807, 2.05) is 19.1 Å². The van der Waals surface area contributed by atoms with Gasteiger partial charge in [0.15, 0.2) is 0 Å². The van der Waals surface area contributed by atoms with Crippen LogP contribution in [-0.4, -0.2) is 56.2 Å². The average Bonchev–Trinajstić information content (AvgIpc) is 2.56. The second-order valence-corrected chi connectivity index (χ2v) is 6.56. The third-order valence-electron chi connectivity index (χ3n) is 4.56. The van der Waals surface area contributed by atoms with Crippen molar-refractivity contribution >= 4 is 17.3 Å². The predicted molar refractivity (Wildman–Crippen MR) is 93.0 cm³/mol. The van der Waals surface area contributed by atoms with Gasteiger partial charge in [-0.2, -0.15) is 0 Å². The van der Waals surface area contributed by atoms with E-state index in [-0.39, 0.29) is 12.0 Å². The van der Waals surface area contributed by atoms with Gasteiger partial charge in [0, 0.05) is 37.6 Å². The summed E-state index contributed by atoms with van der Waals surface area (Å²) >= 11 is 0. The summed E-state index contributed by atoms with van der Waals surface area (Å²) in [4.78, 5) is 16.7. The van der Waals surface area contributed by atoms with Crippen LogP contribution in [0.15, 0.2) is 24.3 Å². The number of rotatable bonds is 4.